The molecule has 2 rings (SSSR count). The molecule has 0 saturated carbocycles. The molecule has 0 radical (unpaired) electrons. The van der Waals surface area contributed by atoms with Gasteiger partial charge in [0.2, 0.25) is 0 Å². The first-order valence-corrected chi connectivity index (χ1v) is 7.63. The molecule has 1 aromatic carbocycles. The van der Waals surface area contributed by atoms with Crippen LogP contribution >= 0.6 is 15.9 Å². The van der Waals surface area contributed by atoms with Crippen molar-refractivity contribution in [1.82, 2.24) is 10.2 Å². The fourth-order valence-corrected chi connectivity index (χ4v) is 2.10. The number of nitrogens with one attached hydrogen (secondary N) is 2. The minimum atomic E-state index is -0.211. The third kappa shape index (κ3) is 4.82. The summed E-state index contributed by atoms with van der Waals surface area (Å²) in [7, 11) is 0. The van der Waals surface area contributed by atoms with Crippen molar-refractivity contribution < 1.29 is 4.79 Å². The zero-order valence-corrected chi connectivity index (χ0v) is 13.4. The molecule has 0 atom stereocenters. The highest BCUT2D eigenvalue weighted by molar-refractivity contribution is 9.10. The number of nitrogens with zero attached hydrogens (tertiary/aromatic N) is 2. The lowest BCUT2D eigenvalue weighted by molar-refractivity contribution is 0.102. The van der Waals surface area contributed by atoms with Gasteiger partial charge in [-0.3, -0.25) is 4.79 Å². The minimum Gasteiger partial charge on any atom is -0.369 e. The van der Waals surface area contributed by atoms with Gasteiger partial charge in [0.25, 0.3) is 5.91 Å². The number of aromatic nitrogens is 2. The van der Waals surface area contributed by atoms with Gasteiger partial charge in [-0.2, -0.15) is 0 Å². The first-order chi connectivity index (χ1) is 10.2. The largest absolute Gasteiger partial charge is 0.369 e. The first kappa shape index (κ1) is 15.4. The van der Waals surface area contributed by atoms with E-state index in [0.29, 0.717) is 17.2 Å². The Kier molecular flexibility index (Phi) is 5.68. The van der Waals surface area contributed by atoms with Gasteiger partial charge in [-0.25, -0.2) is 0 Å². The lowest BCUT2D eigenvalue weighted by atomic mass is 10.2. The van der Waals surface area contributed by atoms with Crippen molar-refractivity contribution >= 4 is 33.5 Å². The van der Waals surface area contributed by atoms with Crippen molar-refractivity contribution in [3.05, 3.63) is 46.4 Å². The van der Waals surface area contributed by atoms with Crippen LogP contribution < -0.4 is 10.6 Å². The fraction of sp³-hybridized carbons (Fsp3) is 0.267. The topological polar surface area (TPSA) is 66.9 Å². The second-order valence-corrected chi connectivity index (χ2v) is 5.46. The van der Waals surface area contributed by atoms with E-state index in [1.807, 2.05) is 12.1 Å². The molecule has 0 unspecified atom stereocenters. The van der Waals surface area contributed by atoms with E-state index >= 15 is 0 Å². The van der Waals surface area contributed by atoms with Gasteiger partial charge in [0.15, 0.2) is 5.82 Å². The Labute approximate surface area is 132 Å². The number of unbranched alkanes of at least 4 members (excludes halogenated alkanes) is 1. The number of rotatable bonds is 6. The highest BCUT2D eigenvalue weighted by Gasteiger charge is 2.07. The molecule has 5 nitrogen and oxygen atoms in total. The molecular weight excluding hydrogens is 332 g/mol. The van der Waals surface area contributed by atoms with E-state index in [4.69, 9.17) is 0 Å². The molecule has 2 aromatic rings. The predicted molar refractivity (Wildman–Crippen MR) is 87.5 cm³/mol. The molecule has 0 aliphatic heterocycles. The van der Waals surface area contributed by atoms with Crippen molar-refractivity contribution in [3.63, 3.8) is 0 Å². The summed E-state index contributed by atoms with van der Waals surface area (Å²) in [5, 5.41) is 13.9. The van der Waals surface area contributed by atoms with Crippen LogP contribution in [0.2, 0.25) is 0 Å². The van der Waals surface area contributed by atoms with E-state index in [1.165, 1.54) is 0 Å². The molecule has 1 aromatic heterocycles. The third-order valence-electron chi connectivity index (χ3n) is 2.83. The summed E-state index contributed by atoms with van der Waals surface area (Å²) in [4.78, 5) is 12.0. The number of benzene rings is 1. The summed E-state index contributed by atoms with van der Waals surface area (Å²) in [5.41, 5.74) is 0.566. The predicted octanol–water partition coefficient (Wildman–Crippen LogP) is 3.70. The van der Waals surface area contributed by atoms with Crippen LogP contribution in [0.5, 0.6) is 0 Å². The van der Waals surface area contributed by atoms with E-state index in [0.717, 1.165) is 23.9 Å². The van der Waals surface area contributed by atoms with Crippen LogP contribution in [0.1, 0.15) is 30.1 Å². The molecule has 0 aliphatic rings. The molecule has 6 heteroatoms. The summed E-state index contributed by atoms with van der Waals surface area (Å²) in [6.45, 7) is 3.00. The number of anilines is 2. The van der Waals surface area contributed by atoms with Gasteiger partial charge in [0, 0.05) is 16.6 Å². The zero-order chi connectivity index (χ0) is 15.1. The fourth-order valence-electron chi connectivity index (χ4n) is 1.70. The SMILES string of the molecule is CCCCNc1ccc(NC(=O)c2cccc(Br)c2)nn1. The van der Waals surface area contributed by atoms with Crippen molar-refractivity contribution in [2.45, 2.75) is 19.8 Å². The van der Waals surface area contributed by atoms with Crippen LogP contribution in [0.4, 0.5) is 11.6 Å². The van der Waals surface area contributed by atoms with Crippen LogP contribution in [0.3, 0.4) is 0 Å². The number of amides is 1. The highest BCUT2D eigenvalue weighted by Crippen LogP contribution is 2.13. The zero-order valence-electron chi connectivity index (χ0n) is 11.8. The Balaban J connectivity index is 1.95. The Bertz CT molecular complexity index is 601. The van der Waals surface area contributed by atoms with Gasteiger partial charge < -0.3 is 10.6 Å². The van der Waals surface area contributed by atoms with Crippen molar-refractivity contribution in [2.24, 2.45) is 0 Å². The van der Waals surface area contributed by atoms with Gasteiger partial charge in [-0.1, -0.05) is 35.3 Å². The molecule has 2 N–H and O–H groups in total. The van der Waals surface area contributed by atoms with E-state index in [-0.39, 0.29) is 5.91 Å². The van der Waals surface area contributed by atoms with E-state index in [2.05, 4.69) is 43.7 Å². The monoisotopic (exact) mass is 348 g/mol. The minimum absolute atomic E-state index is 0.211. The molecule has 1 amide bonds. The van der Waals surface area contributed by atoms with E-state index < -0.39 is 0 Å². The molecule has 1 heterocycles. The molecule has 0 bridgehead atoms. The maximum atomic E-state index is 12.0. The average Bonchev–Trinajstić information content (AvgIpc) is 2.49. The number of halogens is 1. The van der Waals surface area contributed by atoms with Crippen molar-refractivity contribution in [2.75, 3.05) is 17.2 Å². The summed E-state index contributed by atoms with van der Waals surface area (Å²) in [6.07, 6.45) is 2.21. The quantitative estimate of drug-likeness (QED) is 0.781. The Morgan fingerprint density at radius 1 is 1.19 bits per heavy atom. The number of hydrogen-bond acceptors (Lipinski definition) is 4. The van der Waals surface area contributed by atoms with Gasteiger partial charge >= 0.3 is 0 Å². The Hall–Kier alpha value is -1.95. The maximum absolute atomic E-state index is 12.0. The van der Waals surface area contributed by atoms with Crippen LogP contribution in [-0.4, -0.2) is 22.6 Å². The van der Waals surface area contributed by atoms with Crippen LogP contribution in [0.15, 0.2) is 40.9 Å². The van der Waals surface area contributed by atoms with Crippen molar-refractivity contribution in [1.29, 1.82) is 0 Å². The first-order valence-electron chi connectivity index (χ1n) is 6.83. The molecular formula is C15H17BrN4O. The van der Waals surface area contributed by atoms with Crippen molar-refractivity contribution in [3.8, 4) is 0 Å². The Morgan fingerprint density at radius 2 is 1.95 bits per heavy atom. The van der Waals surface area contributed by atoms with Gasteiger partial charge in [-0.05, 0) is 36.8 Å². The molecule has 0 aliphatic carbocycles. The molecule has 0 spiro atoms. The van der Waals surface area contributed by atoms with E-state index in [9.17, 15) is 4.79 Å². The van der Waals surface area contributed by atoms with Gasteiger partial charge in [-0.15, -0.1) is 10.2 Å². The van der Waals surface area contributed by atoms with Crippen LogP contribution in [0, 0.1) is 0 Å². The van der Waals surface area contributed by atoms with Crippen LogP contribution in [-0.2, 0) is 0 Å². The maximum Gasteiger partial charge on any atom is 0.256 e. The third-order valence-corrected chi connectivity index (χ3v) is 3.32. The molecule has 0 saturated heterocycles. The summed E-state index contributed by atoms with van der Waals surface area (Å²) in [5.74, 6) is 0.933. The molecule has 0 fully saturated rings. The number of carbonyl (C=O) groups excluding carboxylic acids is 1. The summed E-state index contributed by atoms with van der Waals surface area (Å²) < 4.78 is 0.858. The normalized spacial score (nSPS) is 10.2. The van der Waals surface area contributed by atoms with E-state index in [1.54, 1.807) is 24.3 Å². The second kappa shape index (κ2) is 7.73. The standard InChI is InChI=1S/C15H17BrN4O/c1-2-3-9-17-13-7-8-14(20-19-13)18-15(21)11-5-4-6-12(16)10-11/h4-8,10H,2-3,9H2,1H3,(H,17,19)(H,18,20,21). The lowest BCUT2D eigenvalue weighted by Crippen LogP contribution is -2.13. The number of carbonyl (C=O) groups is 1. The average molecular weight is 349 g/mol. The summed E-state index contributed by atoms with van der Waals surface area (Å²) >= 11 is 3.34. The molecule has 110 valence electrons. The van der Waals surface area contributed by atoms with Gasteiger partial charge in [0.1, 0.15) is 5.82 Å². The smallest absolute Gasteiger partial charge is 0.256 e. The van der Waals surface area contributed by atoms with Gasteiger partial charge in [0.05, 0.1) is 0 Å². The Morgan fingerprint density at radius 3 is 2.62 bits per heavy atom. The summed E-state index contributed by atoms with van der Waals surface area (Å²) in [6, 6.07) is 10.7. The molecule has 21 heavy (non-hydrogen) atoms. The lowest BCUT2D eigenvalue weighted by Gasteiger charge is -2.06. The number of hydrogen-bond donors (Lipinski definition) is 2. The van der Waals surface area contributed by atoms with Crippen LogP contribution in [0.25, 0.3) is 0 Å². The second-order valence-electron chi connectivity index (χ2n) is 4.55. The highest BCUT2D eigenvalue weighted by atomic mass is 79.9.